The zero-order valence-corrected chi connectivity index (χ0v) is 11.0. The molecule has 1 N–H and O–H groups in total. The van der Waals surface area contributed by atoms with Gasteiger partial charge in [-0.1, -0.05) is 27.4 Å². The molecule has 0 aromatic rings. The second kappa shape index (κ2) is 7.05. The minimum absolute atomic E-state index is 0.531. The fraction of sp³-hybridized carbons (Fsp3) is 0.846. The molecule has 1 saturated heterocycles. The normalized spacial score (nSPS) is 22.6. The Morgan fingerprint density at radius 1 is 1.56 bits per heavy atom. The van der Waals surface area contributed by atoms with Crippen LogP contribution in [0.1, 0.15) is 27.2 Å². The van der Waals surface area contributed by atoms with Crippen LogP contribution in [0.3, 0.4) is 0 Å². The quantitative estimate of drug-likeness (QED) is 0.697. The van der Waals surface area contributed by atoms with Crippen LogP contribution in [0.25, 0.3) is 0 Å². The first-order valence-corrected chi connectivity index (χ1v) is 6.35. The van der Waals surface area contributed by atoms with Gasteiger partial charge in [-0.2, -0.15) is 0 Å². The highest BCUT2D eigenvalue weighted by Gasteiger charge is 2.21. The maximum Gasteiger partial charge on any atom is 0.0622 e. The minimum atomic E-state index is 0.531. The van der Waals surface area contributed by atoms with E-state index in [1.165, 1.54) is 5.57 Å². The number of nitrogens with zero attached hydrogens (tertiary/aromatic N) is 1. The molecular formula is C13H26N2O. The third kappa shape index (κ3) is 4.64. The molecule has 16 heavy (non-hydrogen) atoms. The number of rotatable bonds is 6. The molecule has 94 valence electrons. The fourth-order valence-corrected chi connectivity index (χ4v) is 1.96. The topological polar surface area (TPSA) is 24.5 Å². The van der Waals surface area contributed by atoms with Crippen molar-refractivity contribution in [1.29, 1.82) is 0 Å². The highest BCUT2D eigenvalue weighted by molar-refractivity contribution is 5.01. The SMILES string of the molecule is C=C(CNC(C)C)CN1CCOCC1CC. The van der Waals surface area contributed by atoms with Crippen LogP contribution in [0.2, 0.25) is 0 Å². The van der Waals surface area contributed by atoms with E-state index in [4.69, 9.17) is 4.74 Å². The zero-order valence-electron chi connectivity index (χ0n) is 11.0. The number of morpholine rings is 1. The molecule has 1 aliphatic heterocycles. The molecule has 3 heteroatoms. The predicted molar refractivity (Wildman–Crippen MR) is 68.7 cm³/mol. The fourth-order valence-electron chi connectivity index (χ4n) is 1.96. The van der Waals surface area contributed by atoms with Crippen LogP contribution in [-0.4, -0.2) is 49.8 Å². The average Bonchev–Trinajstić information content (AvgIpc) is 2.27. The highest BCUT2D eigenvalue weighted by atomic mass is 16.5. The van der Waals surface area contributed by atoms with Crippen molar-refractivity contribution in [3.8, 4) is 0 Å². The molecule has 1 aliphatic rings. The van der Waals surface area contributed by atoms with Crippen LogP contribution in [0.15, 0.2) is 12.2 Å². The van der Waals surface area contributed by atoms with E-state index in [2.05, 4.69) is 37.6 Å². The minimum Gasteiger partial charge on any atom is -0.378 e. The molecule has 0 radical (unpaired) electrons. The van der Waals surface area contributed by atoms with Crippen LogP contribution in [0.4, 0.5) is 0 Å². The lowest BCUT2D eigenvalue weighted by Crippen LogP contribution is -2.46. The summed E-state index contributed by atoms with van der Waals surface area (Å²) in [4.78, 5) is 2.49. The molecule has 0 amide bonds. The van der Waals surface area contributed by atoms with E-state index < -0.39 is 0 Å². The van der Waals surface area contributed by atoms with Gasteiger partial charge in [-0.25, -0.2) is 0 Å². The Bertz CT molecular complexity index is 216. The number of nitrogens with one attached hydrogen (secondary N) is 1. The van der Waals surface area contributed by atoms with Crippen LogP contribution >= 0.6 is 0 Å². The summed E-state index contributed by atoms with van der Waals surface area (Å²) < 4.78 is 5.50. The Labute approximate surface area is 99.8 Å². The Morgan fingerprint density at radius 3 is 2.94 bits per heavy atom. The summed E-state index contributed by atoms with van der Waals surface area (Å²) in [6.45, 7) is 15.4. The lowest BCUT2D eigenvalue weighted by Gasteiger charge is -2.35. The lowest BCUT2D eigenvalue weighted by molar-refractivity contribution is -0.00411. The summed E-state index contributed by atoms with van der Waals surface area (Å²) in [5.74, 6) is 0. The van der Waals surface area contributed by atoms with Gasteiger partial charge in [0.2, 0.25) is 0 Å². The summed E-state index contributed by atoms with van der Waals surface area (Å²) in [6, 6.07) is 1.10. The smallest absolute Gasteiger partial charge is 0.0622 e. The number of hydrogen-bond donors (Lipinski definition) is 1. The Hall–Kier alpha value is -0.380. The first kappa shape index (κ1) is 13.7. The second-order valence-corrected chi connectivity index (χ2v) is 4.89. The van der Waals surface area contributed by atoms with E-state index in [9.17, 15) is 0 Å². The zero-order chi connectivity index (χ0) is 12.0. The maximum atomic E-state index is 5.50. The largest absolute Gasteiger partial charge is 0.378 e. The van der Waals surface area contributed by atoms with E-state index in [0.717, 1.165) is 39.3 Å². The van der Waals surface area contributed by atoms with Gasteiger partial charge in [0, 0.05) is 31.7 Å². The van der Waals surface area contributed by atoms with Crippen molar-refractivity contribution >= 4 is 0 Å². The highest BCUT2D eigenvalue weighted by Crippen LogP contribution is 2.11. The monoisotopic (exact) mass is 226 g/mol. The summed E-state index contributed by atoms with van der Waals surface area (Å²) in [5, 5.41) is 3.41. The molecule has 0 saturated carbocycles. The molecule has 0 aromatic carbocycles. The number of hydrogen-bond acceptors (Lipinski definition) is 3. The van der Waals surface area contributed by atoms with E-state index in [1.54, 1.807) is 0 Å². The number of ether oxygens (including phenoxy) is 1. The summed E-state index contributed by atoms with van der Waals surface area (Å²) >= 11 is 0. The van der Waals surface area contributed by atoms with Crippen molar-refractivity contribution in [2.24, 2.45) is 0 Å². The molecule has 1 atom stereocenters. The molecule has 1 rings (SSSR count). The van der Waals surface area contributed by atoms with Gasteiger partial charge in [-0.3, -0.25) is 4.90 Å². The van der Waals surface area contributed by atoms with Crippen molar-refractivity contribution < 1.29 is 4.74 Å². The van der Waals surface area contributed by atoms with E-state index in [-0.39, 0.29) is 0 Å². The molecule has 0 aliphatic carbocycles. The van der Waals surface area contributed by atoms with Gasteiger partial charge in [-0.05, 0) is 12.0 Å². The summed E-state index contributed by atoms with van der Waals surface area (Å²) in [6.07, 6.45) is 1.16. The van der Waals surface area contributed by atoms with E-state index in [0.29, 0.717) is 12.1 Å². The van der Waals surface area contributed by atoms with E-state index in [1.807, 2.05) is 0 Å². The Kier molecular flexibility index (Phi) is 6.03. The van der Waals surface area contributed by atoms with Crippen LogP contribution in [0.5, 0.6) is 0 Å². The van der Waals surface area contributed by atoms with Crippen molar-refractivity contribution in [2.45, 2.75) is 39.3 Å². The van der Waals surface area contributed by atoms with Gasteiger partial charge in [0.05, 0.1) is 13.2 Å². The predicted octanol–water partition coefficient (Wildman–Crippen LogP) is 1.65. The van der Waals surface area contributed by atoms with Crippen molar-refractivity contribution in [1.82, 2.24) is 10.2 Å². The first-order valence-electron chi connectivity index (χ1n) is 6.35. The van der Waals surface area contributed by atoms with Crippen molar-refractivity contribution in [3.63, 3.8) is 0 Å². The van der Waals surface area contributed by atoms with Gasteiger partial charge in [-0.15, -0.1) is 0 Å². The van der Waals surface area contributed by atoms with Crippen LogP contribution in [0, 0.1) is 0 Å². The van der Waals surface area contributed by atoms with Crippen LogP contribution in [-0.2, 0) is 4.74 Å². The second-order valence-electron chi connectivity index (χ2n) is 4.89. The van der Waals surface area contributed by atoms with Crippen molar-refractivity contribution in [2.75, 3.05) is 32.8 Å². The molecule has 1 fully saturated rings. The van der Waals surface area contributed by atoms with Gasteiger partial charge < -0.3 is 10.1 Å². The van der Waals surface area contributed by atoms with Crippen LogP contribution < -0.4 is 5.32 Å². The standard InChI is InChI=1S/C13H26N2O/c1-5-13-10-16-7-6-15(13)9-12(4)8-14-11(2)3/h11,13-14H,4-10H2,1-3H3. The summed E-state index contributed by atoms with van der Waals surface area (Å²) in [7, 11) is 0. The van der Waals surface area contributed by atoms with Gasteiger partial charge in [0.25, 0.3) is 0 Å². The Balaban J connectivity index is 2.30. The molecule has 1 heterocycles. The molecule has 0 aromatic heterocycles. The molecule has 0 spiro atoms. The molecular weight excluding hydrogens is 200 g/mol. The van der Waals surface area contributed by atoms with E-state index >= 15 is 0 Å². The maximum absolute atomic E-state index is 5.50. The molecule has 3 nitrogen and oxygen atoms in total. The average molecular weight is 226 g/mol. The molecule has 0 bridgehead atoms. The molecule has 1 unspecified atom stereocenters. The third-order valence-electron chi connectivity index (χ3n) is 3.01. The van der Waals surface area contributed by atoms with Gasteiger partial charge >= 0.3 is 0 Å². The van der Waals surface area contributed by atoms with Crippen molar-refractivity contribution in [3.05, 3.63) is 12.2 Å². The third-order valence-corrected chi connectivity index (χ3v) is 3.01. The lowest BCUT2D eigenvalue weighted by atomic mass is 10.1. The van der Waals surface area contributed by atoms with Gasteiger partial charge in [0.1, 0.15) is 0 Å². The Morgan fingerprint density at radius 2 is 2.31 bits per heavy atom. The first-order chi connectivity index (χ1) is 7.63. The van der Waals surface area contributed by atoms with Gasteiger partial charge in [0.15, 0.2) is 0 Å². The summed E-state index contributed by atoms with van der Waals surface area (Å²) in [5.41, 5.74) is 1.27.